The Morgan fingerprint density at radius 3 is 3.00 bits per heavy atom. The second kappa shape index (κ2) is 3.35. The molecule has 1 fully saturated rings. The van der Waals surface area contributed by atoms with E-state index in [4.69, 9.17) is 0 Å². The number of piperidine rings is 1. The summed E-state index contributed by atoms with van der Waals surface area (Å²) in [6.45, 7) is 5.64. The van der Waals surface area contributed by atoms with E-state index in [0.29, 0.717) is 6.04 Å². The molecule has 2 aliphatic rings. The van der Waals surface area contributed by atoms with Crippen LogP contribution in [0.3, 0.4) is 0 Å². The summed E-state index contributed by atoms with van der Waals surface area (Å²) in [6.07, 6.45) is 4.65. The first-order chi connectivity index (χ1) is 7.32. The van der Waals surface area contributed by atoms with E-state index in [1.54, 1.807) is 0 Å². The molecule has 1 saturated heterocycles. The van der Waals surface area contributed by atoms with Gasteiger partial charge in [-0.25, -0.2) is 0 Å². The molecule has 3 nitrogen and oxygen atoms in total. The molecular weight excluding hydrogens is 186 g/mol. The molecule has 0 aliphatic carbocycles. The van der Waals surface area contributed by atoms with Crippen LogP contribution in [0, 0.1) is 0 Å². The van der Waals surface area contributed by atoms with Crippen molar-refractivity contribution in [3.8, 4) is 0 Å². The Morgan fingerprint density at radius 2 is 2.20 bits per heavy atom. The fraction of sp³-hybridized carbons (Fsp3) is 0.667. The lowest BCUT2D eigenvalue weighted by Crippen LogP contribution is -2.55. The third-order valence-electron chi connectivity index (χ3n) is 3.94. The first-order valence-corrected chi connectivity index (χ1v) is 5.95. The molecule has 15 heavy (non-hydrogen) atoms. The van der Waals surface area contributed by atoms with Crippen molar-refractivity contribution in [3.05, 3.63) is 24.0 Å². The van der Waals surface area contributed by atoms with Gasteiger partial charge in [0.1, 0.15) is 0 Å². The SMILES string of the molecule is CC1CNC2(CCNCC2)c2cccn21. The fourth-order valence-electron chi connectivity index (χ4n) is 3.00. The van der Waals surface area contributed by atoms with Crippen molar-refractivity contribution in [2.75, 3.05) is 19.6 Å². The number of hydrogen-bond acceptors (Lipinski definition) is 2. The Morgan fingerprint density at radius 1 is 1.40 bits per heavy atom. The van der Waals surface area contributed by atoms with E-state index in [9.17, 15) is 0 Å². The third kappa shape index (κ3) is 1.34. The second-order valence-electron chi connectivity index (χ2n) is 4.86. The standard InChI is InChI=1S/C12H19N3/c1-10-9-14-12(4-6-13-7-5-12)11-3-2-8-15(10)11/h2-3,8,10,13-14H,4-7,9H2,1H3. The van der Waals surface area contributed by atoms with Gasteiger partial charge in [-0.05, 0) is 45.0 Å². The molecule has 1 spiro atoms. The Hall–Kier alpha value is -0.800. The van der Waals surface area contributed by atoms with Gasteiger partial charge >= 0.3 is 0 Å². The minimum absolute atomic E-state index is 0.251. The molecule has 1 unspecified atom stereocenters. The van der Waals surface area contributed by atoms with E-state index < -0.39 is 0 Å². The highest BCUT2D eigenvalue weighted by Gasteiger charge is 2.39. The summed E-state index contributed by atoms with van der Waals surface area (Å²) in [7, 11) is 0. The van der Waals surface area contributed by atoms with E-state index in [2.05, 4.69) is 40.5 Å². The van der Waals surface area contributed by atoms with Gasteiger partial charge in [-0.15, -0.1) is 0 Å². The zero-order chi connectivity index (χ0) is 10.3. The minimum Gasteiger partial charge on any atom is -0.346 e. The topological polar surface area (TPSA) is 29.0 Å². The van der Waals surface area contributed by atoms with Gasteiger partial charge in [-0.3, -0.25) is 0 Å². The highest BCUT2D eigenvalue weighted by atomic mass is 15.2. The molecule has 0 aromatic carbocycles. The Kier molecular flexibility index (Phi) is 2.11. The van der Waals surface area contributed by atoms with Gasteiger partial charge in [0, 0.05) is 24.5 Å². The van der Waals surface area contributed by atoms with Crippen LogP contribution in [0.15, 0.2) is 18.3 Å². The van der Waals surface area contributed by atoms with E-state index in [-0.39, 0.29) is 5.54 Å². The van der Waals surface area contributed by atoms with Crippen LogP contribution in [0.4, 0.5) is 0 Å². The van der Waals surface area contributed by atoms with Crippen molar-refractivity contribution in [1.29, 1.82) is 0 Å². The zero-order valence-corrected chi connectivity index (χ0v) is 9.29. The number of aromatic nitrogens is 1. The normalized spacial score (nSPS) is 29.0. The molecule has 1 aromatic rings. The van der Waals surface area contributed by atoms with Crippen LogP contribution in [0.1, 0.15) is 31.5 Å². The van der Waals surface area contributed by atoms with Crippen molar-refractivity contribution >= 4 is 0 Å². The zero-order valence-electron chi connectivity index (χ0n) is 9.29. The number of hydrogen-bond donors (Lipinski definition) is 2. The van der Waals surface area contributed by atoms with Crippen LogP contribution in [0.25, 0.3) is 0 Å². The van der Waals surface area contributed by atoms with Crippen LogP contribution in [-0.2, 0) is 5.54 Å². The predicted molar refractivity (Wildman–Crippen MR) is 60.9 cm³/mol. The van der Waals surface area contributed by atoms with Gasteiger partial charge in [0.2, 0.25) is 0 Å². The molecule has 3 heteroatoms. The molecule has 0 amide bonds. The number of nitrogens with one attached hydrogen (secondary N) is 2. The van der Waals surface area contributed by atoms with E-state index in [1.165, 1.54) is 18.5 Å². The Labute approximate surface area is 90.9 Å². The third-order valence-corrected chi connectivity index (χ3v) is 3.94. The lowest BCUT2D eigenvalue weighted by Gasteiger charge is -2.44. The first-order valence-electron chi connectivity index (χ1n) is 5.95. The molecular formula is C12H19N3. The van der Waals surface area contributed by atoms with Gasteiger partial charge in [-0.1, -0.05) is 0 Å². The second-order valence-corrected chi connectivity index (χ2v) is 4.86. The monoisotopic (exact) mass is 205 g/mol. The van der Waals surface area contributed by atoms with Crippen LogP contribution >= 0.6 is 0 Å². The highest BCUT2D eigenvalue weighted by molar-refractivity contribution is 5.23. The summed E-state index contributed by atoms with van der Waals surface area (Å²) in [6, 6.07) is 5.06. The number of rotatable bonds is 0. The van der Waals surface area contributed by atoms with Gasteiger partial charge in [0.15, 0.2) is 0 Å². The van der Waals surface area contributed by atoms with Crippen molar-refractivity contribution in [2.45, 2.75) is 31.3 Å². The van der Waals surface area contributed by atoms with E-state index >= 15 is 0 Å². The Bertz CT molecular complexity index is 350. The lowest BCUT2D eigenvalue weighted by molar-refractivity contribution is 0.190. The van der Waals surface area contributed by atoms with Crippen LogP contribution in [-0.4, -0.2) is 24.2 Å². The molecule has 0 radical (unpaired) electrons. The van der Waals surface area contributed by atoms with E-state index in [1.807, 2.05) is 0 Å². The maximum Gasteiger partial charge on any atom is 0.0613 e. The summed E-state index contributed by atoms with van der Waals surface area (Å²) in [4.78, 5) is 0. The quantitative estimate of drug-likeness (QED) is 0.667. The summed E-state index contributed by atoms with van der Waals surface area (Å²) in [5.41, 5.74) is 1.74. The fourth-order valence-corrected chi connectivity index (χ4v) is 3.00. The molecule has 3 rings (SSSR count). The lowest BCUT2D eigenvalue weighted by atomic mass is 9.83. The Balaban J connectivity index is 2.02. The average molecular weight is 205 g/mol. The molecule has 0 saturated carbocycles. The molecule has 1 aromatic heterocycles. The van der Waals surface area contributed by atoms with Crippen LogP contribution in [0.2, 0.25) is 0 Å². The molecule has 2 N–H and O–H groups in total. The van der Waals surface area contributed by atoms with Crippen molar-refractivity contribution in [2.24, 2.45) is 0 Å². The minimum atomic E-state index is 0.251. The molecule has 82 valence electrons. The number of nitrogens with zero attached hydrogens (tertiary/aromatic N) is 1. The van der Waals surface area contributed by atoms with Gasteiger partial charge < -0.3 is 15.2 Å². The summed E-state index contributed by atoms with van der Waals surface area (Å²) in [5, 5.41) is 7.21. The summed E-state index contributed by atoms with van der Waals surface area (Å²) < 4.78 is 2.45. The van der Waals surface area contributed by atoms with Gasteiger partial charge in [0.05, 0.1) is 5.54 Å². The average Bonchev–Trinajstić information content (AvgIpc) is 2.76. The van der Waals surface area contributed by atoms with Crippen molar-refractivity contribution in [1.82, 2.24) is 15.2 Å². The number of fused-ring (bicyclic) bond motifs is 2. The largest absolute Gasteiger partial charge is 0.346 e. The van der Waals surface area contributed by atoms with E-state index in [0.717, 1.165) is 19.6 Å². The highest BCUT2D eigenvalue weighted by Crippen LogP contribution is 2.35. The molecule has 0 bridgehead atoms. The smallest absolute Gasteiger partial charge is 0.0613 e. The molecule has 2 aliphatic heterocycles. The maximum atomic E-state index is 3.77. The summed E-state index contributed by atoms with van der Waals surface area (Å²) >= 11 is 0. The van der Waals surface area contributed by atoms with Crippen molar-refractivity contribution < 1.29 is 0 Å². The van der Waals surface area contributed by atoms with Gasteiger partial charge in [0.25, 0.3) is 0 Å². The van der Waals surface area contributed by atoms with Gasteiger partial charge in [-0.2, -0.15) is 0 Å². The van der Waals surface area contributed by atoms with Crippen LogP contribution < -0.4 is 10.6 Å². The maximum absolute atomic E-state index is 3.77. The molecule has 1 atom stereocenters. The molecule has 3 heterocycles. The first kappa shape index (κ1) is 9.43. The van der Waals surface area contributed by atoms with Crippen molar-refractivity contribution in [3.63, 3.8) is 0 Å². The summed E-state index contributed by atoms with van der Waals surface area (Å²) in [5.74, 6) is 0. The van der Waals surface area contributed by atoms with Crippen LogP contribution in [0.5, 0.6) is 0 Å². The predicted octanol–water partition coefficient (Wildman–Crippen LogP) is 1.23.